The second-order valence-electron chi connectivity index (χ2n) is 4.80. The second kappa shape index (κ2) is 6.07. The van der Waals surface area contributed by atoms with Crippen molar-refractivity contribution in [3.63, 3.8) is 0 Å². The minimum atomic E-state index is -4.96. The molecule has 0 aliphatic carbocycles. The van der Waals surface area contributed by atoms with E-state index in [2.05, 4.69) is 4.52 Å². The molecule has 1 fully saturated rings. The number of hydrogen-bond acceptors (Lipinski definition) is 7. The number of alkyl halides is 1. The van der Waals surface area contributed by atoms with E-state index in [0.717, 1.165) is 6.20 Å². The quantitative estimate of drug-likeness (QED) is 0.359. The van der Waals surface area contributed by atoms with Crippen LogP contribution in [0, 0.1) is 0 Å². The standard InChI is InChI=1S/C10H12FN2O9P/c11-10(4-21-23(18,19)20)1-6(15)8(22-10)13-2-5(3-14)7(16)12-9(13)17/h2-3,6,8,15H,1,4H2,(H,12,16,17)(H2,18,19,20)/t6-,8-,10+/m1/s1. The maximum absolute atomic E-state index is 14.3. The zero-order valence-electron chi connectivity index (χ0n) is 11.3. The second-order valence-corrected chi connectivity index (χ2v) is 6.04. The fourth-order valence-electron chi connectivity index (χ4n) is 2.05. The lowest BCUT2D eigenvalue weighted by molar-refractivity contribution is -0.178. The van der Waals surface area contributed by atoms with Crippen molar-refractivity contribution in [1.82, 2.24) is 9.55 Å². The van der Waals surface area contributed by atoms with Crippen LogP contribution in [0.4, 0.5) is 4.39 Å². The van der Waals surface area contributed by atoms with Gasteiger partial charge in [0.2, 0.25) is 5.85 Å². The van der Waals surface area contributed by atoms with Gasteiger partial charge in [0.15, 0.2) is 12.5 Å². The van der Waals surface area contributed by atoms with E-state index in [1.165, 1.54) is 0 Å². The molecule has 0 saturated carbocycles. The maximum atomic E-state index is 14.3. The predicted molar refractivity (Wildman–Crippen MR) is 69.3 cm³/mol. The summed E-state index contributed by atoms with van der Waals surface area (Å²) in [4.78, 5) is 52.6. The SMILES string of the molecule is O=Cc1cn([C@@H]2O[C@](F)(COP(=O)(O)O)C[C@H]2O)c(=O)[nH]c1=O. The Morgan fingerprint density at radius 1 is 1.57 bits per heavy atom. The number of hydrogen-bond donors (Lipinski definition) is 4. The molecule has 1 aliphatic heterocycles. The molecule has 1 aliphatic rings. The fourth-order valence-corrected chi connectivity index (χ4v) is 2.41. The minimum Gasteiger partial charge on any atom is -0.388 e. The number of aliphatic hydroxyl groups is 1. The molecule has 3 atom stereocenters. The molecule has 11 nitrogen and oxygen atoms in total. The van der Waals surface area contributed by atoms with E-state index in [1.807, 2.05) is 0 Å². The number of halogens is 1. The third kappa shape index (κ3) is 3.99. The Morgan fingerprint density at radius 2 is 2.22 bits per heavy atom. The van der Waals surface area contributed by atoms with Crippen LogP contribution in [0.15, 0.2) is 15.8 Å². The largest absolute Gasteiger partial charge is 0.469 e. The average molecular weight is 354 g/mol. The Bertz CT molecular complexity index is 770. The monoisotopic (exact) mass is 354 g/mol. The van der Waals surface area contributed by atoms with E-state index in [1.54, 1.807) is 4.98 Å². The van der Waals surface area contributed by atoms with Gasteiger partial charge in [0.1, 0.15) is 12.7 Å². The molecular formula is C10H12FN2O9P. The van der Waals surface area contributed by atoms with Crippen molar-refractivity contribution in [3.05, 3.63) is 32.6 Å². The van der Waals surface area contributed by atoms with E-state index in [9.17, 15) is 28.4 Å². The highest BCUT2D eigenvalue weighted by molar-refractivity contribution is 7.46. The molecule has 0 amide bonds. The maximum Gasteiger partial charge on any atom is 0.469 e. The fraction of sp³-hybridized carbons (Fsp3) is 0.500. The molecule has 23 heavy (non-hydrogen) atoms. The van der Waals surface area contributed by atoms with Crippen LogP contribution in [0.25, 0.3) is 0 Å². The highest BCUT2D eigenvalue weighted by Crippen LogP contribution is 2.42. The molecule has 0 radical (unpaired) electrons. The number of carbonyl (C=O) groups is 1. The summed E-state index contributed by atoms with van der Waals surface area (Å²) in [6.07, 6.45) is -3.04. The number of carbonyl (C=O) groups excluding carboxylic acids is 1. The molecule has 13 heteroatoms. The van der Waals surface area contributed by atoms with Gasteiger partial charge in [-0.3, -0.25) is 23.7 Å². The van der Waals surface area contributed by atoms with Gasteiger partial charge in [0, 0.05) is 12.6 Å². The Kier molecular flexibility index (Phi) is 4.66. The van der Waals surface area contributed by atoms with Crippen LogP contribution in [0.3, 0.4) is 0 Å². The predicted octanol–water partition coefficient (Wildman–Crippen LogP) is -1.60. The molecule has 2 rings (SSSR count). The number of aldehydes is 1. The first-order valence-corrected chi connectivity index (χ1v) is 7.63. The Morgan fingerprint density at radius 3 is 2.78 bits per heavy atom. The Hall–Kier alpha value is -1.69. The molecule has 1 aromatic rings. The van der Waals surface area contributed by atoms with E-state index in [-0.39, 0.29) is 6.29 Å². The zero-order valence-corrected chi connectivity index (χ0v) is 12.2. The van der Waals surface area contributed by atoms with E-state index in [4.69, 9.17) is 14.5 Å². The first-order chi connectivity index (χ1) is 10.5. The summed E-state index contributed by atoms with van der Waals surface area (Å²) >= 11 is 0. The molecule has 2 heterocycles. The molecule has 128 valence electrons. The normalized spacial score (nSPS) is 28.0. The number of phosphoric ester groups is 1. The summed E-state index contributed by atoms with van der Waals surface area (Å²) in [5.41, 5.74) is -2.49. The van der Waals surface area contributed by atoms with Crippen LogP contribution < -0.4 is 11.2 Å². The van der Waals surface area contributed by atoms with Gasteiger partial charge < -0.3 is 19.6 Å². The van der Waals surface area contributed by atoms with Crippen LogP contribution in [0.2, 0.25) is 0 Å². The highest BCUT2D eigenvalue weighted by Gasteiger charge is 2.49. The van der Waals surface area contributed by atoms with Gasteiger partial charge in [0.25, 0.3) is 5.56 Å². The van der Waals surface area contributed by atoms with Crippen molar-refractivity contribution in [3.8, 4) is 0 Å². The number of aromatic nitrogens is 2. The lowest BCUT2D eigenvalue weighted by Gasteiger charge is -2.21. The van der Waals surface area contributed by atoms with Gasteiger partial charge in [-0.1, -0.05) is 0 Å². The van der Waals surface area contributed by atoms with Gasteiger partial charge in [-0.05, 0) is 0 Å². The molecule has 1 aromatic heterocycles. The topological polar surface area (TPSA) is 168 Å². The van der Waals surface area contributed by atoms with Crippen molar-refractivity contribution < 1.29 is 37.9 Å². The van der Waals surface area contributed by atoms with Crippen LogP contribution >= 0.6 is 7.82 Å². The lowest BCUT2D eigenvalue weighted by Crippen LogP contribution is -2.37. The zero-order chi connectivity index (χ0) is 17.4. The van der Waals surface area contributed by atoms with Crippen molar-refractivity contribution in [2.24, 2.45) is 0 Å². The summed E-state index contributed by atoms with van der Waals surface area (Å²) in [5, 5.41) is 9.81. The lowest BCUT2D eigenvalue weighted by atomic mass is 10.2. The van der Waals surface area contributed by atoms with Crippen LogP contribution in [0.5, 0.6) is 0 Å². The minimum absolute atomic E-state index is 0.149. The number of aromatic amines is 1. The van der Waals surface area contributed by atoms with E-state index >= 15 is 0 Å². The van der Waals surface area contributed by atoms with Crippen LogP contribution in [0.1, 0.15) is 23.0 Å². The van der Waals surface area contributed by atoms with Crippen molar-refractivity contribution >= 4 is 14.1 Å². The van der Waals surface area contributed by atoms with Gasteiger partial charge in [-0.2, -0.15) is 0 Å². The Balaban J connectivity index is 2.29. The molecule has 4 N–H and O–H groups in total. The van der Waals surface area contributed by atoms with Crippen LogP contribution in [-0.2, 0) is 13.8 Å². The van der Waals surface area contributed by atoms with Crippen molar-refractivity contribution in [1.29, 1.82) is 0 Å². The molecule has 1 saturated heterocycles. The molecule has 0 unspecified atom stereocenters. The summed E-state index contributed by atoms with van der Waals surface area (Å²) < 4.78 is 34.3. The summed E-state index contributed by atoms with van der Waals surface area (Å²) in [7, 11) is -4.96. The first-order valence-electron chi connectivity index (χ1n) is 6.10. The number of H-pyrrole nitrogens is 1. The van der Waals surface area contributed by atoms with E-state index < -0.39 is 55.8 Å². The number of nitrogens with one attached hydrogen (secondary N) is 1. The van der Waals surface area contributed by atoms with Gasteiger partial charge in [-0.25, -0.2) is 13.8 Å². The number of nitrogens with zero attached hydrogens (tertiary/aromatic N) is 1. The summed E-state index contributed by atoms with van der Waals surface area (Å²) in [6, 6.07) is 0. The van der Waals surface area contributed by atoms with Crippen LogP contribution in [-0.4, -0.2) is 49.3 Å². The average Bonchev–Trinajstić information content (AvgIpc) is 2.72. The van der Waals surface area contributed by atoms with E-state index in [0.29, 0.717) is 4.57 Å². The third-order valence-corrected chi connectivity index (χ3v) is 3.49. The number of ether oxygens (including phenoxy) is 1. The van der Waals surface area contributed by atoms with Gasteiger partial charge in [-0.15, -0.1) is 0 Å². The van der Waals surface area contributed by atoms with Gasteiger partial charge >= 0.3 is 13.5 Å². The highest BCUT2D eigenvalue weighted by atomic mass is 31.2. The summed E-state index contributed by atoms with van der Waals surface area (Å²) in [5.74, 6) is -2.78. The van der Waals surface area contributed by atoms with Gasteiger partial charge in [0.05, 0.1) is 5.56 Å². The number of rotatable bonds is 5. The number of aliphatic hydroxyl groups excluding tert-OH is 1. The molecular weight excluding hydrogens is 342 g/mol. The van der Waals surface area contributed by atoms with Crippen molar-refractivity contribution in [2.45, 2.75) is 24.6 Å². The van der Waals surface area contributed by atoms with Crippen molar-refractivity contribution in [2.75, 3.05) is 6.61 Å². The molecule has 0 bridgehead atoms. The smallest absolute Gasteiger partial charge is 0.388 e. The molecule has 0 aromatic carbocycles. The summed E-state index contributed by atoms with van der Waals surface area (Å²) in [6.45, 7) is -1.19. The first kappa shape index (κ1) is 17.7. The third-order valence-electron chi connectivity index (χ3n) is 3.02. The molecule has 0 spiro atoms. The number of phosphoric acid groups is 1. The Labute approximate surface area is 126 Å².